The topological polar surface area (TPSA) is 41.6 Å². The maximum absolute atomic E-state index is 12.9. The number of aryl methyl sites for hydroxylation is 2. The van der Waals surface area contributed by atoms with Crippen LogP contribution in [0.2, 0.25) is 0 Å². The molecule has 0 bridgehead atoms. The van der Waals surface area contributed by atoms with E-state index in [0.717, 1.165) is 43.8 Å². The molecule has 2 aliphatic heterocycles. The predicted molar refractivity (Wildman–Crippen MR) is 99.3 cm³/mol. The highest BCUT2D eigenvalue weighted by atomic mass is 32.1. The Labute approximate surface area is 153 Å². The van der Waals surface area contributed by atoms with Gasteiger partial charge in [-0.3, -0.25) is 9.69 Å². The Morgan fingerprint density at radius 2 is 2.00 bits per heavy atom. The molecule has 1 aromatic heterocycles. The lowest BCUT2D eigenvalue weighted by molar-refractivity contribution is -0.0747. The van der Waals surface area contributed by atoms with Crippen LogP contribution in [0.3, 0.4) is 0 Å². The van der Waals surface area contributed by atoms with E-state index in [4.69, 9.17) is 4.74 Å². The van der Waals surface area contributed by atoms with Crippen LogP contribution in [0, 0.1) is 5.92 Å². The van der Waals surface area contributed by atoms with Gasteiger partial charge in [0.25, 0.3) is 5.91 Å². The van der Waals surface area contributed by atoms with Gasteiger partial charge in [-0.1, -0.05) is 6.42 Å². The standard InChI is InChI=1S/C20H28N2O2S/c23-20(16-12-13-6-2-1-3-7-15(13)25-16)21-17-14-8-11-24-19(14)18(17)22-9-4-5-10-22/h12,14,17-19H,1-11H2,(H,21,23)/t14-,17+,18-,19-/m0/s1. The lowest BCUT2D eigenvalue weighted by Gasteiger charge is -2.51. The van der Waals surface area contributed by atoms with E-state index in [0.29, 0.717) is 18.1 Å². The van der Waals surface area contributed by atoms with Crippen LogP contribution in [-0.4, -0.2) is 48.7 Å². The van der Waals surface area contributed by atoms with Crippen molar-refractivity contribution in [3.63, 3.8) is 0 Å². The van der Waals surface area contributed by atoms with Gasteiger partial charge in [-0.2, -0.15) is 0 Å². The molecule has 0 aromatic carbocycles. The van der Waals surface area contributed by atoms with E-state index in [1.165, 1.54) is 42.5 Å². The summed E-state index contributed by atoms with van der Waals surface area (Å²) in [6, 6.07) is 2.85. The van der Waals surface area contributed by atoms with Gasteiger partial charge in [-0.05, 0) is 69.7 Å². The van der Waals surface area contributed by atoms with Crippen LogP contribution in [0.25, 0.3) is 0 Å². The van der Waals surface area contributed by atoms with Crippen molar-refractivity contribution in [2.45, 2.75) is 69.6 Å². The minimum absolute atomic E-state index is 0.151. The maximum atomic E-state index is 12.9. The third-order valence-corrected chi connectivity index (χ3v) is 7.92. The van der Waals surface area contributed by atoms with E-state index in [1.54, 1.807) is 11.3 Å². The number of nitrogens with zero attached hydrogens (tertiary/aromatic N) is 1. The zero-order valence-electron chi connectivity index (χ0n) is 14.8. The molecule has 0 unspecified atom stereocenters. The number of fused-ring (bicyclic) bond motifs is 2. The quantitative estimate of drug-likeness (QED) is 0.843. The van der Waals surface area contributed by atoms with Crippen molar-refractivity contribution >= 4 is 17.2 Å². The van der Waals surface area contributed by atoms with Gasteiger partial charge in [-0.25, -0.2) is 0 Å². The molecule has 1 aromatic rings. The summed E-state index contributed by atoms with van der Waals surface area (Å²) in [6.07, 6.45) is 10.2. The highest BCUT2D eigenvalue weighted by Crippen LogP contribution is 2.43. The Hall–Kier alpha value is -0.910. The first-order chi connectivity index (χ1) is 12.3. The average molecular weight is 361 g/mol. The second-order valence-corrected chi connectivity index (χ2v) is 9.28. The molecule has 1 N–H and O–H groups in total. The Morgan fingerprint density at radius 3 is 2.88 bits per heavy atom. The molecule has 5 rings (SSSR count). The number of carbonyl (C=O) groups is 1. The highest BCUT2D eigenvalue weighted by Gasteiger charge is 2.56. The Morgan fingerprint density at radius 1 is 1.16 bits per heavy atom. The van der Waals surface area contributed by atoms with Gasteiger partial charge >= 0.3 is 0 Å². The second kappa shape index (κ2) is 6.67. The van der Waals surface area contributed by atoms with Crippen molar-refractivity contribution < 1.29 is 9.53 Å². The molecule has 2 saturated heterocycles. The molecule has 1 saturated carbocycles. The summed E-state index contributed by atoms with van der Waals surface area (Å²) in [4.78, 5) is 17.9. The number of ether oxygens (including phenoxy) is 1. The molecule has 25 heavy (non-hydrogen) atoms. The summed E-state index contributed by atoms with van der Waals surface area (Å²) >= 11 is 1.74. The molecular weight excluding hydrogens is 332 g/mol. The number of thiophene rings is 1. The molecule has 3 fully saturated rings. The van der Waals surface area contributed by atoms with Crippen LogP contribution >= 0.6 is 11.3 Å². The van der Waals surface area contributed by atoms with Crippen LogP contribution in [0.4, 0.5) is 0 Å². The number of amides is 1. The molecule has 4 aliphatic rings. The monoisotopic (exact) mass is 360 g/mol. The van der Waals surface area contributed by atoms with Crippen LogP contribution in [-0.2, 0) is 17.6 Å². The summed E-state index contributed by atoms with van der Waals surface area (Å²) in [5.74, 6) is 0.671. The van der Waals surface area contributed by atoms with Crippen LogP contribution in [0.1, 0.15) is 58.6 Å². The zero-order chi connectivity index (χ0) is 16.8. The molecule has 0 spiro atoms. The SMILES string of the molecule is O=C(N[C@@H]1[C@@H]2CCO[C@@H]2[C@H]1N1CCCC1)c1cc2c(s1)CCCCC2. The van der Waals surface area contributed by atoms with Crippen molar-refractivity contribution in [1.82, 2.24) is 10.2 Å². The second-order valence-electron chi connectivity index (χ2n) is 8.14. The van der Waals surface area contributed by atoms with Gasteiger partial charge in [0, 0.05) is 17.4 Å². The fourth-order valence-electron chi connectivity index (χ4n) is 5.34. The van der Waals surface area contributed by atoms with Crippen molar-refractivity contribution in [2.75, 3.05) is 19.7 Å². The van der Waals surface area contributed by atoms with E-state index in [1.807, 2.05) is 0 Å². The first-order valence-electron chi connectivity index (χ1n) is 10.1. The summed E-state index contributed by atoms with van der Waals surface area (Å²) < 4.78 is 5.98. The minimum Gasteiger partial charge on any atom is -0.376 e. The molecule has 1 amide bonds. The molecule has 0 radical (unpaired) electrons. The largest absolute Gasteiger partial charge is 0.376 e. The fraction of sp³-hybridized carbons (Fsp3) is 0.750. The van der Waals surface area contributed by atoms with Gasteiger partial charge in [0.05, 0.1) is 23.1 Å². The first-order valence-corrected chi connectivity index (χ1v) is 10.9. The van der Waals surface area contributed by atoms with Gasteiger partial charge < -0.3 is 10.1 Å². The average Bonchev–Trinajstić information content (AvgIpc) is 3.32. The van der Waals surface area contributed by atoms with E-state index in [9.17, 15) is 4.79 Å². The predicted octanol–water partition coefficient (Wildman–Crippen LogP) is 3.00. The molecule has 4 nitrogen and oxygen atoms in total. The zero-order valence-corrected chi connectivity index (χ0v) is 15.7. The number of likely N-dealkylation sites (tertiary alicyclic amines) is 1. The van der Waals surface area contributed by atoms with Gasteiger partial charge in [0.15, 0.2) is 0 Å². The summed E-state index contributed by atoms with van der Waals surface area (Å²) in [5.41, 5.74) is 1.43. The fourth-order valence-corrected chi connectivity index (χ4v) is 6.50. The normalized spacial score (nSPS) is 34.9. The summed E-state index contributed by atoms with van der Waals surface area (Å²) in [5, 5.41) is 3.41. The van der Waals surface area contributed by atoms with Crippen LogP contribution in [0.5, 0.6) is 0 Å². The Balaban J connectivity index is 1.31. The third kappa shape index (κ3) is 2.84. The minimum atomic E-state index is 0.151. The number of hydrogen-bond acceptors (Lipinski definition) is 4. The van der Waals surface area contributed by atoms with E-state index >= 15 is 0 Å². The molecule has 5 heteroatoms. The number of nitrogens with one attached hydrogen (secondary N) is 1. The molecule has 2 aliphatic carbocycles. The lowest BCUT2D eigenvalue weighted by atomic mass is 9.70. The Bertz CT molecular complexity index is 624. The summed E-state index contributed by atoms with van der Waals surface area (Å²) in [6.45, 7) is 3.19. The molecule has 4 atom stereocenters. The highest BCUT2D eigenvalue weighted by molar-refractivity contribution is 7.14. The number of hydrogen-bond donors (Lipinski definition) is 1. The third-order valence-electron chi connectivity index (χ3n) is 6.68. The van der Waals surface area contributed by atoms with Crippen molar-refractivity contribution in [2.24, 2.45) is 5.92 Å². The number of carbonyl (C=O) groups excluding carboxylic acids is 1. The smallest absolute Gasteiger partial charge is 0.261 e. The maximum Gasteiger partial charge on any atom is 0.261 e. The molecule has 136 valence electrons. The van der Waals surface area contributed by atoms with E-state index < -0.39 is 0 Å². The van der Waals surface area contributed by atoms with Crippen molar-refractivity contribution in [1.29, 1.82) is 0 Å². The lowest BCUT2D eigenvalue weighted by Crippen LogP contribution is -2.70. The van der Waals surface area contributed by atoms with Gasteiger partial charge in [-0.15, -0.1) is 11.3 Å². The van der Waals surface area contributed by atoms with Crippen molar-refractivity contribution in [3.05, 3.63) is 21.4 Å². The van der Waals surface area contributed by atoms with E-state index in [-0.39, 0.29) is 11.9 Å². The number of rotatable bonds is 3. The summed E-state index contributed by atoms with van der Waals surface area (Å²) in [7, 11) is 0. The van der Waals surface area contributed by atoms with Crippen molar-refractivity contribution in [3.8, 4) is 0 Å². The molecular formula is C20H28N2O2S. The van der Waals surface area contributed by atoms with E-state index in [2.05, 4.69) is 16.3 Å². The molecule has 3 heterocycles. The van der Waals surface area contributed by atoms with Crippen LogP contribution < -0.4 is 5.32 Å². The first kappa shape index (κ1) is 16.3. The Kier molecular flexibility index (Phi) is 4.34. The van der Waals surface area contributed by atoms with Crippen LogP contribution in [0.15, 0.2) is 6.07 Å². The van der Waals surface area contributed by atoms with Gasteiger partial charge in [0.1, 0.15) is 0 Å². The van der Waals surface area contributed by atoms with Gasteiger partial charge in [0.2, 0.25) is 0 Å².